The van der Waals surface area contributed by atoms with Crippen LogP contribution < -0.4 is 10.6 Å². The van der Waals surface area contributed by atoms with Gasteiger partial charge in [0.25, 0.3) is 0 Å². The molecule has 1 aromatic heterocycles. The summed E-state index contributed by atoms with van der Waals surface area (Å²) < 4.78 is 0. The van der Waals surface area contributed by atoms with E-state index in [1.54, 1.807) is 23.1 Å². The zero-order valence-corrected chi connectivity index (χ0v) is 18.5. The summed E-state index contributed by atoms with van der Waals surface area (Å²) in [7, 11) is 0. The highest BCUT2D eigenvalue weighted by molar-refractivity contribution is 14.0. The molecule has 0 unspecified atom stereocenters. The number of aromatic nitrogens is 1. The van der Waals surface area contributed by atoms with Crippen LogP contribution in [0.1, 0.15) is 11.1 Å². The van der Waals surface area contributed by atoms with Gasteiger partial charge >= 0.3 is 0 Å². The monoisotopic (exact) mass is 489 g/mol. The molecular formula is C17H24IN5S2. The minimum absolute atomic E-state index is 0. The van der Waals surface area contributed by atoms with Crippen molar-refractivity contribution in [2.45, 2.75) is 18.4 Å². The standard InChI is InChI=1S/C17H23N5S2.HI/c1-13-3-4-14(15(11-13)23-2)12-20-16(18)21-6-8-22(9-7-21)17-19-5-10-24-17;/h3-5,10-11H,6-9,12H2,1-2H3,(H2,18,20);1H. The lowest BCUT2D eigenvalue weighted by molar-refractivity contribution is 0.380. The molecule has 1 saturated heterocycles. The van der Waals surface area contributed by atoms with Crippen molar-refractivity contribution >= 4 is 58.2 Å². The van der Waals surface area contributed by atoms with Gasteiger partial charge in [-0.25, -0.2) is 9.98 Å². The molecule has 1 aromatic carbocycles. The van der Waals surface area contributed by atoms with Gasteiger partial charge < -0.3 is 15.5 Å². The third kappa shape index (κ3) is 5.24. The first-order valence-corrected chi connectivity index (χ1v) is 10.1. The van der Waals surface area contributed by atoms with E-state index in [4.69, 9.17) is 5.73 Å². The van der Waals surface area contributed by atoms with Crippen LogP contribution in [-0.4, -0.2) is 48.3 Å². The van der Waals surface area contributed by atoms with Crippen LogP contribution in [0.5, 0.6) is 0 Å². The molecule has 1 aliphatic heterocycles. The summed E-state index contributed by atoms with van der Waals surface area (Å²) in [5.74, 6) is 0.640. The number of aryl methyl sites for hydroxylation is 1. The molecule has 2 heterocycles. The first-order valence-electron chi connectivity index (χ1n) is 8.00. The zero-order chi connectivity index (χ0) is 16.9. The average molecular weight is 489 g/mol. The molecule has 0 aliphatic carbocycles. The second kappa shape index (κ2) is 9.63. The molecular weight excluding hydrogens is 465 g/mol. The highest BCUT2D eigenvalue weighted by atomic mass is 127. The van der Waals surface area contributed by atoms with E-state index in [0.717, 1.165) is 31.3 Å². The van der Waals surface area contributed by atoms with Gasteiger partial charge in [-0.3, -0.25) is 0 Å². The number of rotatable bonds is 4. The fourth-order valence-electron chi connectivity index (χ4n) is 2.75. The Hall–Kier alpha value is -1.00. The van der Waals surface area contributed by atoms with Gasteiger partial charge in [0.15, 0.2) is 11.1 Å². The number of nitrogens with two attached hydrogens (primary N) is 1. The third-order valence-corrected chi connectivity index (χ3v) is 5.80. The minimum Gasteiger partial charge on any atom is -0.370 e. The lowest BCUT2D eigenvalue weighted by Crippen LogP contribution is -2.51. The van der Waals surface area contributed by atoms with E-state index < -0.39 is 0 Å². The number of piperazine rings is 1. The Morgan fingerprint density at radius 3 is 2.72 bits per heavy atom. The third-order valence-electron chi connectivity index (χ3n) is 4.15. The molecule has 2 aromatic rings. The predicted molar refractivity (Wildman–Crippen MR) is 120 cm³/mol. The van der Waals surface area contributed by atoms with Gasteiger partial charge in [0.05, 0.1) is 6.54 Å². The van der Waals surface area contributed by atoms with Crippen LogP contribution in [0.25, 0.3) is 0 Å². The summed E-state index contributed by atoms with van der Waals surface area (Å²) in [5.41, 5.74) is 8.73. The second-order valence-electron chi connectivity index (χ2n) is 5.78. The molecule has 3 rings (SSSR count). The maximum Gasteiger partial charge on any atom is 0.191 e. The van der Waals surface area contributed by atoms with Crippen molar-refractivity contribution < 1.29 is 0 Å². The maximum absolute atomic E-state index is 6.22. The van der Waals surface area contributed by atoms with Crippen LogP contribution in [-0.2, 0) is 6.54 Å². The molecule has 136 valence electrons. The number of nitrogens with zero attached hydrogens (tertiary/aromatic N) is 4. The van der Waals surface area contributed by atoms with E-state index in [0.29, 0.717) is 12.5 Å². The quantitative estimate of drug-likeness (QED) is 0.309. The summed E-state index contributed by atoms with van der Waals surface area (Å²) in [6, 6.07) is 6.49. The number of hydrogen-bond donors (Lipinski definition) is 1. The summed E-state index contributed by atoms with van der Waals surface area (Å²) in [6.07, 6.45) is 3.95. The number of anilines is 1. The fraction of sp³-hybridized carbons (Fsp3) is 0.412. The Morgan fingerprint density at radius 1 is 1.32 bits per heavy atom. The first kappa shape index (κ1) is 20.3. The Labute approximate surface area is 174 Å². The van der Waals surface area contributed by atoms with Crippen LogP contribution in [0, 0.1) is 6.92 Å². The molecule has 5 nitrogen and oxygen atoms in total. The Bertz CT molecular complexity index is 697. The van der Waals surface area contributed by atoms with Crippen LogP contribution in [0.2, 0.25) is 0 Å². The molecule has 2 N–H and O–H groups in total. The molecule has 8 heteroatoms. The van der Waals surface area contributed by atoms with Crippen molar-refractivity contribution in [3.8, 4) is 0 Å². The van der Waals surface area contributed by atoms with Crippen molar-refractivity contribution in [1.29, 1.82) is 0 Å². The van der Waals surface area contributed by atoms with Crippen LogP contribution in [0.4, 0.5) is 5.13 Å². The predicted octanol–water partition coefficient (Wildman–Crippen LogP) is 3.43. The zero-order valence-electron chi connectivity index (χ0n) is 14.5. The highest BCUT2D eigenvalue weighted by Gasteiger charge is 2.19. The number of benzene rings is 1. The highest BCUT2D eigenvalue weighted by Crippen LogP contribution is 2.23. The molecule has 0 atom stereocenters. The minimum atomic E-state index is 0. The summed E-state index contributed by atoms with van der Waals surface area (Å²) in [5, 5.41) is 3.11. The Balaban J connectivity index is 0.00000225. The first-order chi connectivity index (χ1) is 11.7. The SMILES string of the molecule is CSc1cc(C)ccc1CN=C(N)N1CCN(c2nccs2)CC1.I. The second-order valence-corrected chi connectivity index (χ2v) is 7.50. The fourth-order valence-corrected chi connectivity index (χ4v) is 4.14. The summed E-state index contributed by atoms with van der Waals surface area (Å²) in [4.78, 5) is 14.7. The maximum atomic E-state index is 6.22. The molecule has 0 radical (unpaired) electrons. The number of hydrogen-bond acceptors (Lipinski definition) is 5. The lowest BCUT2D eigenvalue weighted by atomic mass is 10.1. The van der Waals surface area contributed by atoms with Gasteiger partial charge in [0.2, 0.25) is 0 Å². The summed E-state index contributed by atoms with van der Waals surface area (Å²) >= 11 is 3.44. The van der Waals surface area contributed by atoms with Gasteiger partial charge in [-0.15, -0.1) is 47.1 Å². The van der Waals surface area contributed by atoms with Gasteiger partial charge in [0, 0.05) is 42.7 Å². The topological polar surface area (TPSA) is 57.8 Å². The molecule has 1 aliphatic rings. The van der Waals surface area contributed by atoms with Gasteiger partial charge in [-0.05, 0) is 30.4 Å². The number of aliphatic imine (C=N–C) groups is 1. The van der Waals surface area contributed by atoms with Crippen molar-refractivity contribution in [2.75, 3.05) is 37.3 Å². The number of thiazole rings is 1. The van der Waals surface area contributed by atoms with Crippen molar-refractivity contribution in [3.63, 3.8) is 0 Å². The van der Waals surface area contributed by atoms with E-state index in [1.807, 2.05) is 11.6 Å². The average Bonchev–Trinajstić information content (AvgIpc) is 3.15. The van der Waals surface area contributed by atoms with Crippen molar-refractivity contribution in [3.05, 3.63) is 40.9 Å². The molecule has 0 bridgehead atoms. The normalized spacial score (nSPS) is 15.2. The van der Waals surface area contributed by atoms with Gasteiger partial charge in [0.1, 0.15) is 0 Å². The van der Waals surface area contributed by atoms with E-state index in [-0.39, 0.29) is 24.0 Å². The van der Waals surface area contributed by atoms with E-state index in [2.05, 4.69) is 51.2 Å². The van der Waals surface area contributed by atoms with Crippen LogP contribution in [0.3, 0.4) is 0 Å². The number of guanidine groups is 1. The molecule has 0 spiro atoms. The van der Waals surface area contributed by atoms with E-state index in [9.17, 15) is 0 Å². The van der Waals surface area contributed by atoms with Crippen LogP contribution in [0.15, 0.2) is 39.7 Å². The van der Waals surface area contributed by atoms with Gasteiger partial charge in [-0.1, -0.05) is 12.1 Å². The largest absolute Gasteiger partial charge is 0.370 e. The molecule has 25 heavy (non-hydrogen) atoms. The molecule has 0 saturated carbocycles. The molecule has 1 fully saturated rings. The summed E-state index contributed by atoms with van der Waals surface area (Å²) in [6.45, 7) is 6.39. The molecule has 0 amide bonds. The lowest BCUT2D eigenvalue weighted by Gasteiger charge is -2.35. The number of halogens is 1. The van der Waals surface area contributed by atoms with Crippen molar-refractivity contribution in [2.24, 2.45) is 10.7 Å². The van der Waals surface area contributed by atoms with Crippen LogP contribution >= 0.6 is 47.1 Å². The van der Waals surface area contributed by atoms with Crippen molar-refractivity contribution in [1.82, 2.24) is 9.88 Å². The Morgan fingerprint density at radius 2 is 2.08 bits per heavy atom. The van der Waals surface area contributed by atoms with E-state index in [1.165, 1.54) is 16.0 Å². The van der Waals surface area contributed by atoms with E-state index >= 15 is 0 Å². The number of thioether (sulfide) groups is 1. The van der Waals surface area contributed by atoms with Gasteiger partial charge in [-0.2, -0.15) is 0 Å². The smallest absolute Gasteiger partial charge is 0.191 e. The Kier molecular flexibility index (Phi) is 7.82.